The summed E-state index contributed by atoms with van der Waals surface area (Å²) in [6.45, 7) is 3.52. The molecule has 4 aromatic rings. The van der Waals surface area contributed by atoms with Crippen LogP contribution < -0.4 is 20.1 Å². The van der Waals surface area contributed by atoms with Gasteiger partial charge in [-0.2, -0.15) is 0 Å². The lowest BCUT2D eigenvalue weighted by atomic mass is 10.1. The number of pyridine rings is 1. The van der Waals surface area contributed by atoms with Gasteiger partial charge in [0.25, 0.3) is 5.91 Å². The number of nitrogens with zero attached hydrogens (tertiary/aromatic N) is 4. The number of carbonyl (C=O) groups is 1. The van der Waals surface area contributed by atoms with E-state index in [1.54, 1.807) is 26.3 Å². The van der Waals surface area contributed by atoms with Gasteiger partial charge in [0.15, 0.2) is 11.5 Å². The van der Waals surface area contributed by atoms with Gasteiger partial charge >= 0.3 is 0 Å². The highest BCUT2D eigenvalue weighted by Crippen LogP contribution is 2.36. The molecule has 2 aromatic carbocycles. The third kappa shape index (κ3) is 5.51. The molecule has 5 rings (SSSR count). The monoisotopic (exact) mass is 504 g/mol. The van der Waals surface area contributed by atoms with E-state index in [0.717, 1.165) is 35.6 Å². The van der Waals surface area contributed by atoms with Crippen molar-refractivity contribution in [1.29, 1.82) is 0 Å². The van der Waals surface area contributed by atoms with Crippen molar-refractivity contribution in [3.05, 3.63) is 66.0 Å². The Labute approximate surface area is 219 Å². The first-order valence-corrected chi connectivity index (χ1v) is 12.5. The predicted molar refractivity (Wildman–Crippen MR) is 148 cm³/mol. The number of fused-ring (bicyclic) bond motifs is 1. The second kappa shape index (κ2) is 10.9. The molecule has 0 saturated carbocycles. The van der Waals surface area contributed by atoms with Crippen LogP contribution in [0.2, 0.25) is 0 Å². The first kappa shape index (κ1) is 24.6. The Bertz CT molecular complexity index is 1420. The summed E-state index contributed by atoms with van der Waals surface area (Å²) in [5, 5.41) is 6.03. The average molecular weight is 505 g/mol. The first-order valence-electron chi connectivity index (χ1n) is 12.5. The Hall–Kier alpha value is -4.11. The molecule has 1 amide bonds. The Morgan fingerprint density at radius 1 is 1.11 bits per heavy atom. The summed E-state index contributed by atoms with van der Waals surface area (Å²) in [5.74, 6) is 1.97. The van der Waals surface area contributed by atoms with Gasteiger partial charge in [-0.15, -0.1) is 0 Å². The Balaban J connectivity index is 0.00000210. The smallest absolute Gasteiger partial charge is 0.269 e. The molecule has 3 heterocycles. The molecule has 9 nitrogen and oxygen atoms in total. The fourth-order valence-electron chi connectivity index (χ4n) is 4.63. The minimum absolute atomic E-state index is 0. The van der Waals surface area contributed by atoms with Crippen molar-refractivity contribution >= 4 is 28.6 Å². The third-order valence-electron chi connectivity index (χ3n) is 6.68. The number of ether oxygens (including phenoxy) is 2. The lowest BCUT2D eigenvalue weighted by molar-refractivity contribution is 0.0958. The predicted octanol–water partition coefficient (Wildman–Crippen LogP) is 5.00. The number of carbonyl (C=O) groups excluding carboxylic acids is 1. The van der Waals surface area contributed by atoms with Crippen LogP contribution in [0.15, 0.2) is 54.7 Å². The normalized spacial score (nSPS) is 13.6. The molecule has 1 aliphatic rings. The summed E-state index contributed by atoms with van der Waals surface area (Å²) in [7, 11) is 5.12. The number of anilines is 2. The highest BCUT2D eigenvalue weighted by Gasteiger charge is 2.16. The number of methoxy groups -OCH3 is 1. The quantitative estimate of drug-likeness (QED) is 0.331. The van der Waals surface area contributed by atoms with Crippen molar-refractivity contribution in [2.45, 2.75) is 19.3 Å². The van der Waals surface area contributed by atoms with E-state index in [0.29, 0.717) is 17.2 Å². The van der Waals surface area contributed by atoms with Gasteiger partial charge in [0.05, 0.1) is 18.1 Å². The molecule has 9 heteroatoms. The number of nitrogens with one attached hydrogen (secondary N) is 2. The van der Waals surface area contributed by atoms with Crippen molar-refractivity contribution in [3.8, 4) is 17.2 Å². The number of benzene rings is 2. The first-order chi connectivity index (χ1) is 18.0. The van der Waals surface area contributed by atoms with Crippen LogP contribution in [0.1, 0.15) is 31.7 Å². The van der Waals surface area contributed by atoms with Crippen molar-refractivity contribution < 1.29 is 17.1 Å². The number of hydrogen-bond donors (Lipinski definition) is 2. The van der Waals surface area contributed by atoms with Crippen molar-refractivity contribution in [2.24, 2.45) is 7.05 Å². The van der Waals surface area contributed by atoms with E-state index in [-0.39, 0.29) is 14.5 Å². The van der Waals surface area contributed by atoms with Crippen LogP contribution in [0.4, 0.5) is 11.6 Å². The number of rotatable bonds is 9. The lowest BCUT2D eigenvalue weighted by Crippen LogP contribution is -2.21. The number of likely N-dealkylation sites (tertiary alicyclic amines) is 1. The fraction of sp³-hybridized carbons (Fsp3) is 0.321. The summed E-state index contributed by atoms with van der Waals surface area (Å²) in [5.41, 5.74) is 4.23. The zero-order valence-electron chi connectivity index (χ0n) is 21.5. The molecule has 196 valence electrons. The van der Waals surface area contributed by atoms with Crippen LogP contribution >= 0.6 is 0 Å². The summed E-state index contributed by atoms with van der Waals surface area (Å²) < 4.78 is 13.7. The zero-order chi connectivity index (χ0) is 25.8. The van der Waals surface area contributed by atoms with E-state index >= 15 is 0 Å². The van der Waals surface area contributed by atoms with E-state index in [1.807, 2.05) is 23.7 Å². The SMILES string of the molecule is CNC(=O)c1cc(Oc2cc3nc(Nc4cccc(CCN5CCCC5)c4)n(C)c3cc2OC)ccn1.[HH].[HH]. The van der Waals surface area contributed by atoms with Gasteiger partial charge in [-0.25, -0.2) is 4.98 Å². The summed E-state index contributed by atoms with van der Waals surface area (Å²) >= 11 is 0. The van der Waals surface area contributed by atoms with Gasteiger partial charge in [-0.05, 0) is 56.1 Å². The van der Waals surface area contributed by atoms with Crippen molar-refractivity contribution in [3.63, 3.8) is 0 Å². The minimum Gasteiger partial charge on any atom is -0.493 e. The summed E-state index contributed by atoms with van der Waals surface area (Å²) in [4.78, 5) is 23.4. The topological polar surface area (TPSA) is 93.5 Å². The lowest BCUT2D eigenvalue weighted by Gasteiger charge is -2.14. The van der Waals surface area contributed by atoms with Crippen molar-refractivity contribution in [1.82, 2.24) is 24.8 Å². The molecule has 0 aliphatic carbocycles. The zero-order valence-corrected chi connectivity index (χ0v) is 21.5. The van der Waals surface area contributed by atoms with Crippen molar-refractivity contribution in [2.75, 3.05) is 39.1 Å². The van der Waals surface area contributed by atoms with Gasteiger partial charge in [-0.1, -0.05) is 12.1 Å². The summed E-state index contributed by atoms with van der Waals surface area (Å²) in [6, 6.07) is 15.5. The van der Waals surface area contributed by atoms with Gasteiger partial charge < -0.3 is 29.6 Å². The van der Waals surface area contributed by atoms with E-state index < -0.39 is 0 Å². The number of aromatic nitrogens is 3. The Morgan fingerprint density at radius 2 is 1.95 bits per heavy atom. The second-order valence-electron chi connectivity index (χ2n) is 9.17. The molecule has 1 saturated heterocycles. The van der Waals surface area contributed by atoms with Crippen LogP contribution in [0.25, 0.3) is 11.0 Å². The number of hydrogen-bond acceptors (Lipinski definition) is 7. The molecule has 1 aliphatic heterocycles. The Morgan fingerprint density at radius 3 is 2.73 bits per heavy atom. The largest absolute Gasteiger partial charge is 0.493 e. The number of aryl methyl sites for hydroxylation is 1. The molecule has 2 aromatic heterocycles. The molecule has 37 heavy (non-hydrogen) atoms. The molecule has 0 bridgehead atoms. The third-order valence-corrected chi connectivity index (χ3v) is 6.68. The standard InChI is InChI=1S/C28H32N6O3.2H2/c1-29-27(35)23-16-21(9-11-30-23)37-26-17-22-24(18-25(26)36-3)33(2)28(32-22)31-20-8-6-7-19(15-20)10-14-34-12-4-5-13-34;;/h6-9,11,15-18H,4-5,10,12-14H2,1-3H3,(H,29,35)(H,31,32);2*1H. The Kier molecular flexibility index (Phi) is 7.23. The number of amides is 1. The van der Waals surface area contributed by atoms with Crippen LogP contribution in [-0.4, -0.2) is 59.1 Å². The van der Waals surface area contributed by atoms with E-state index in [9.17, 15) is 4.79 Å². The van der Waals surface area contributed by atoms with Crippen LogP contribution in [-0.2, 0) is 13.5 Å². The average Bonchev–Trinajstić information content (AvgIpc) is 3.55. The maximum absolute atomic E-state index is 11.9. The second-order valence-corrected chi connectivity index (χ2v) is 9.17. The highest BCUT2D eigenvalue weighted by molar-refractivity contribution is 5.92. The molecule has 1 fully saturated rings. The molecular formula is C28H36N6O3. The van der Waals surface area contributed by atoms with E-state index in [2.05, 4.69) is 44.8 Å². The maximum atomic E-state index is 11.9. The van der Waals surface area contributed by atoms with Gasteiger partial charge in [0.1, 0.15) is 11.4 Å². The van der Waals surface area contributed by atoms with Gasteiger partial charge in [0, 0.05) is 53.6 Å². The van der Waals surface area contributed by atoms with Gasteiger partial charge in [-0.3, -0.25) is 9.78 Å². The van der Waals surface area contributed by atoms with Crippen LogP contribution in [0, 0.1) is 0 Å². The van der Waals surface area contributed by atoms with E-state index in [4.69, 9.17) is 14.5 Å². The summed E-state index contributed by atoms with van der Waals surface area (Å²) in [6.07, 6.45) is 5.19. The molecule has 0 atom stereocenters. The molecule has 0 unspecified atom stereocenters. The molecular weight excluding hydrogens is 468 g/mol. The van der Waals surface area contributed by atoms with Crippen LogP contribution in [0.5, 0.6) is 17.2 Å². The van der Waals surface area contributed by atoms with Gasteiger partial charge in [0.2, 0.25) is 5.95 Å². The maximum Gasteiger partial charge on any atom is 0.269 e. The minimum atomic E-state index is -0.284. The molecule has 2 N–H and O–H groups in total. The fourth-order valence-corrected chi connectivity index (χ4v) is 4.63. The molecule has 0 spiro atoms. The van der Waals surface area contributed by atoms with Crippen LogP contribution in [0.3, 0.4) is 0 Å². The van der Waals surface area contributed by atoms with E-state index in [1.165, 1.54) is 37.7 Å². The molecule has 0 radical (unpaired) electrons. The number of imidazole rings is 1. The highest BCUT2D eigenvalue weighted by atomic mass is 16.5.